The summed E-state index contributed by atoms with van der Waals surface area (Å²) in [7, 11) is 2.96. The van der Waals surface area contributed by atoms with Crippen LogP contribution in [0.5, 0.6) is 0 Å². The number of carbonyl (C=O) groups is 4. The van der Waals surface area contributed by atoms with Crippen LogP contribution in [-0.4, -0.2) is 79.8 Å². The Morgan fingerprint density at radius 3 is 2.24 bits per heavy atom. The van der Waals surface area contributed by atoms with Gasteiger partial charge in [0.15, 0.2) is 17.2 Å². The number of nitrogens with zero attached hydrogens (tertiary/aromatic N) is 1. The van der Waals surface area contributed by atoms with Gasteiger partial charge in [0.1, 0.15) is 24.3 Å². The highest BCUT2D eigenvalue weighted by Crippen LogP contribution is 2.29. The summed E-state index contributed by atoms with van der Waals surface area (Å²) in [5.74, 6) is -1.44. The summed E-state index contributed by atoms with van der Waals surface area (Å²) >= 11 is 0. The Morgan fingerprint density at radius 1 is 0.976 bits per heavy atom. The van der Waals surface area contributed by atoms with Gasteiger partial charge in [0.2, 0.25) is 11.8 Å². The maximum atomic E-state index is 13.6. The van der Waals surface area contributed by atoms with Gasteiger partial charge >= 0.3 is 0 Å². The summed E-state index contributed by atoms with van der Waals surface area (Å²) in [5.41, 5.74) is -0.121. The first-order valence-corrected chi connectivity index (χ1v) is 13.6. The largest absolute Gasteiger partial charge is 0.385 e. The van der Waals surface area contributed by atoms with Crippen LogP contribution in [0.2, 0.25) is 0 Å². The first-order valence-electron chi connectivity index (χ1n) is 13.6. The molecule has 41 heavy (non-hydrogen) atoms. The van der Waals surface area contributed by atoms with Gasteiger partial charge < -0.3 is 34.7 Å². The molecule has 1 saturated heterocycles. The molecule has 3 amide bonds. The standard InChI is InChI=1S/C29H40N4O8/c1-18(2)13-22(25(34)29(3)17-40-29)31-27(36)23(14-19-9-7-6-8-10-19)32-26(35)21(11-12-38-4)30-28(37)24-15-20(16-39-5)41-33-24/h6-10,15,18,21-23H,11-14,16-17H2,1-5H3,(H,30,37)(H,31,36)(H,32,35)/t21-,22-,23-,29+/m0/s1. The van der Waals surface area contributed by atoms with E-state index in [0.717, 1.165) is 5.56 Å². The smallest absolute Gasteiger partial charge is 0.274 e. The molecule has 1 aromatic heterocycles. The van der Waals surface area contributed by atoms with E-state index in [1.807, 2.05) is 44.2 Å². The molecule has 0 radical (unpaired) electrons. The number of epoxide rings is 1. The van der Waals surface area contributed by atoms with E-state index in [1.165, 1.54) is 20.3 Å². The average Bonchev–Trinajstić information content (AvgIpc) is 3.52. The van der Waals surface area contributed by atoms with Gasteiger partial charge in [0, 0.05) is 33.3 Å². The lowest BCUT2D eigenvalue weighted by molar-refractivity contribution is -0.133. The molecule has 0 saturated carbocycles. The second-order valence-corrected chi connectivity index (χ2v) is 10.7. The third-order valence-electron chi connectivity index (χ3n) is 6.66. The minimum atomic E-state index is -1.04. The molecule has 1 aliphatic heterocycles. The van der Waals surface area contributed by atoms with E-state index in [0.29, 0.717) is 18.8 Å². The normalized spacial score (nSPS) is 18.3. The van der Waals surface area contributed by atoms with Crippen molar-refractivity contribution in [3.05, 3.63) is 53.4 Å². The minimum Gasteiger partial charge on any atom is -0.385 e. The number of ether oxygens (including phenoxy) is 3. The molecule has 0 aliphatic carbocycles. The van der Waals surface area contributed by atoms with E-state index in [9.17, 15) is 19.2 Å². The van der Waals surface area contributed by atoms with E-state index in [2.05, 4.69) is 21.1 Å². The number of rotatable bonds is 17. The molecule has 3 rings (SSSR count). The topological polar surface area (TPSA) is 161 Å². The van der Waals surface area contributed by atoms with Gasteiger partial charge in [0.05, 0.1) is 12.6 Å². The summed E-state index contributed by atoms with van der Waals surface area (Å²) in [4.78, 5) is 53.1. The number of Topliss-reactive ketones (excluding diaryl/α,β-unsaturated/α-hetero) is 1. The van der Waals surface area contributed by atoms with E-state index < -0.39 is 41.4 Å². The van der Waals surface area contributed by atoms with Crippen LogP contribution < -0.4 is 16.0 Å². The number of nitrogens with one attached hydrogen (secondary N) is 3. The highest BCUT2D eigenvalue weighted by Gasteiger charge is 2.50. The number of amides is 3. The van der Waals surface area contributed by atoms with Gasteiger partial charge in [-0.2, -0.15) is 0 Å². The van der Waals surface area contributed by atoms with Crippen molar-refractivity contribution in [2.75, 3.05) is 27.4 Å². The second kappa shape index (κ2) is 14.9. The van der Waals surface area contributed by atoms with E-state index in [4.69, 9.17) is 18.7 Å². The molecule has 2 aromatic rings. The van der Waals surface area contributed by atoms with Gasteiger partial charge in [-0.15, -0.1) is 0 Å². The predicted molar refractivity (Wildman–Crippen MR) is 148 cm³/mol. The zero-order valence-electron chi connectivity index (χ0n) is 24.2. The molecule has 12 heteroatoms. The van der Waals surface area contributed by atoms with Gasteiger partial charge in [-0.05, 0) is 31.2 Å². The van der Waals surface area contributed by atoms with Crippen molar-refractivity contribution in [3.8, 4) is 0 Å². The Labute approximate surface area is 239 Å². The molecule has 2 heterocycles. The summed E-state index contributed by atoms with van der Waals surface area (Å²) in [6.07, 6.45) is 0.731. The number of aromatic nitrogens is 1. The van der Waals surface area contributed by atoms with E-state index in [1.54, 1.807) is 6.92 Å². The first-order chi connectivity index (χ1) is 19.6. The van der Waals surface area contributed by atoms with Crippen LogP contribution in [0.15, 0.2) is 40.9 Å². The fourth-order valence-electron chi connectivity index (χ4n) is 4.29. The van der Waals surface area contributed by atoms with Crippen molar-refractivity contribution in [1.29, 1.82) is 0 Å². The number of carbonyl (C=O) groups excluding carboxylic acids is 4. The lowest BCUT2D eigenvalue weighted by Crippen LogP contribution is -2.57. The molecule has 4 atom stereocenters. The second-order valence-electron chi connectivity index (χ2n) is 10.7. The fraction of sp³-hybridized carbons (Fsp3) is 0.552. The van der Waals surface area contributed by atoms with Crippen molar-refractivity contribution in [1.82, 2.24) is 21.1 Å². The summed E-state index contributed by atoms with van der Waals surface area (Å²) in [6, 6.07) is 7.78. The molecule has 1 aliphatic rings. The monoisotopic (exact) mass is 572 g/mol. The van der Waals surface area contributed by atoms with Crippen molar-refractivity contribution in [2.24, 2.45) is 5.92 Å². The van der Waals surface area contributed by atoms with Gasteiger partial charge in [-0.3, -0.25) is 19.2 Å². The zero-order chi connectivity index (χ0) is 30.0. The van der Waals surface area contributed by atoms with Crippen molar-refractivity contribution < 1.29 is 37.9 Å². The highest BCUT2D eigenvalue weighted by molar-refractivity contribution is 5.99. The molecule has 0 unspecified atom stereocenters. The third-order valence-corrected chi connectivity index (χ3v) is 6.66. The average molecular weight is 573 g/mol. The number of ketones is 1. The van der Waals surface area contributed by atoms with E-state index >= 15 is 0 Å². The Bertz CT molecular complexity index is 1180. The lowest BCUT2D eigenvalue weighted by Gasteiger charge is -2.26. The fourth-order valence-corrected chi connectivity index (χ4v) is 4.29. The molecule has 1 aromatic carbocycles. The Hall–Kier alpha value is -3.61. The quantitative estimate of drug-likeness (QED) is 0.239. The summed E-state index contributed by atoms with van der Waals surface area (Å²) in [5, 5.41) is 12.0. The number of hydrogen-bond donors (Lipinski definition) is 3. The zero-order valence-corrected chi connectivity index (χ0v) is 24.2. The van der Waals surface area contributed by atoms with Gasteiger partial charge in [-0.1, -0.05) is 49.3 Å². The summed E-state index contributed by atoms with van der Waals surface area (Å²) < 4.78 is 20.5. The molecular weight excluding hydrogens is 532 g/mol. The number of methoxy groups -OCH3 is 2. The molecule has 224 valence electrons. The predicted octanol–water partition coefficient (Wildman–Crippen LogP) is 1.57. The highest BCUT2D eigenvalue weighted by atomic mass is 16.6. The number of benzene rings is 1. The van der Waals surface area contributed by atoms with Crippen LogP contribution in [0, 0.1) is 5.92 Å². The SMILES string of the molecule is COCC[C@H](NC(=O)c1cc(COC)on1)C(=O)N[C@@H](Cc1ccccc1)C(=O)N[C@@H](CC(C)C)C(=O)[C@@]1(C)CO1. The van der Waals surface area contributed by atoms with Crippen LogP contribution in [0.25, 0.3) is 0 Å². The van der Waals surface area contributed by atoms with Crippen LogP contribution in [0.1, 0.15) is 55.4 Å². The van der Waals surface area contributed by atoms with Gasteiger partial charge in [-0.25, -0.2) is 0 Å². The van der Waals surface area contributed by atoms with Crippen molar-refractivity contribution in [3.63, 3.8) is 0 Å². The van der Waals surface area contributed by atoms with Crippen LogP contribution >= 0.6 is 0 Å². The molecule has 1 fully saturated rings. The van der Waals surface area contributed by atoms with Crippen LogP contribution in [0.4, 0.5) is 0 Å². The Kier molecular flexibility index (Phi) is 11.6. The first kappa shape index (κ1) is 31.9. The molecule has 0 spiro atoms. The molecule has 0 bridgehead atoms. The van der Waals surface area contributed by atoms with Crippen molar-refractivity contribution >= 4 is 23.5 Å². The van der Waals surface area contributed by atoms with Crippen LogP contribution in [-0.2, 0) is 41.6 Å². The van der Waals surface area contributed by atoms with Crippen molar-refractivity contribution in [2.45, 2.75) is 70.4 Å². The maximum absolute atomic E-state index is 13.6. The minimum absolute atomic E-state index is 0.0170. The molecular formula is C29H40N4O8. The number of hydrogen-bond acceptors (Lipinski definition) is 9. The Morgan fingerprint density at radius 2 is 1.63 bits per heavy atom. The van der Waals surface area contributed by atoms with Gasteiger partial charge in [0.25, 0.3) is 5.91 Å². The third kappa shape index (κ3) is 9.48. The molecule has 12 nitrogen and oxygen atoms in total. The summed E-state index contributed by atoms with van der Waals surface area (Å²) in [6.45, 7) is 6.23. The van der Waals surface area contributed by atoms with Crippen LogP contribution in [0.3, 0.4) is 0 Å². The Balaban J connectivity index is 1.78. The van der Waals surface area contributed by atoms with E-state index in [-0.39, 0.29) is 43.5 Å². The maximum Gasteiger partial charge on any atom is 0.274 e. The lowest BCUT2D eigenvalue weighted by atomic mass is 9.93. The molecule has 3 N–H and O–H groups in total.